The monoisotopic (exact) mass is 278 g/mol. The molecule has 0 spiro atoms. The fourth-order valence-corrected chi connectivity index (χ4v) is 3.11. The molecule has 5 nitrogen and oxygen atoms in total. The molecule has 1 aliphatic heterocycles. The topological polar surface area (TPSA) is 52.0 Å². The van der Waals surface area contributed by atoms with E-state index in [1.165, 1.54) is 10.6 Å². The van der Waals surface area contributed by atoms with Gasteiger partial charge in [-0.3, -0.25) is 9.67 Å². The minimum Gasteiger partial charge on any atom is -0.372 e. The summed E-state index contributed by atoms with van der Waals surface area (Å²) < 4.78 is 7.78. The highest BCUT2D eigenvalue weighted by molar-refractivity contribution is 7.09. The lowest BCUT2D eigenvalue weighted by Gasteiger charge is -2.19. The Morgan fingerprint density at radius 2 is 2.53 bits per heavy atom. The van der Waals surface area contributed by atoms with Crippen molar-refractivity contribution in [1.82, 2.24) is 20.1 Å². The third kappa shape index (κ3) is 2.86. The van der Waals surface area contributed by atoms with Crippen LogP contribution in [0.4, 0.5) is 0 Å². The first-order valence-electron chi connectivity index (χ1n) is 6.52. The van der Waals surface area contributed by atoms with E-state index in [0.29, 0.717) is 5.92 Å². The van der Waals surface area contributed by atoms with Crippen LogP contribution in [0.1, 0.15) is 23.1 Å². The van der Waals surface area contributed by atoms with Gasteiger partial charge in [0, 0.05) is 49.9 Å². The fourth-order valence-electron chi connectivity index (χ4n) is 2.54. The minimum absolute atomic E-state index is 0.168. The molecule has 0 amide bonds. The maximum Gasteiger partial charge on any atom is 0.103 e. The molecule has 19 heavy (non-hydrogen) atoms. The second kappa shape index (κ2) is 5.81. The molecule has 3 rings (SSSR count). The Labute approximate surface area is 116 Å². The molecule has 6 heteroatoms. The van der Waals surface area contributed by atoms with Crippen molar-refractivity contribution in [3.05, 3.63) is 34.5 Å². The van der Waals surface area contributed by atoms with E-state index in [1.54, 1.807) is 11.3 Å². The summed E-state index contributed by atoms with van der Waals surface area (Å²) >= 11 is 1.69. The zero-order valence-corrected chi connectivity index (χ0v) is 11.8. The predicted molar refractivity (Wildman–Crippen MR) is 73.8 cm³/mol. The van der Waals surface area contributed by atoms with Crippen molar-refractivity contribution < 1.29 is 4.74 Å². The molecule has 1 saturated heterocycles. The molecule has 102 valence electrons. The lowest BCUT2D eigenvalue weighted by Crippen LogP contribution is -2.25. The van der Waals surface area contributed by atoms with E-state index in [-0.39, 0.29) is 6.10 Å². The average molecular weight is 278 g/mol. The molecule has 0 radical (unpaired) electrons. The number of nitrogens with zero attached hydrogens (tertiary/aromatic N) is 3. The van der Waals surface area contributed by atoms with Gasteiger partial charge < -0.3 is 10.1 Å². The standard InChI is InChI=1S/C13H18N4OS/c1-17-12(2-4-16-17)13-10(3-5-18-13)6-14-7-11-8-15-9-19-11/h2,4,8-10,13-14H,3,5-7H2,1H3/t10-,13+/m0/s1. The van der Waals surface area contributed by atoms with Crippen LogP contribution in [0.15, 0.2) is 24.0 Å². The summed E-state index contributed by atoms with van der Waals surface area (Å²) in [6.45, 7) is 2.69. The Balaban J connectivity index is 1.56. The van der Waals surface area contributed by atoms with Gasteiger partial charge in [-0.05, 0) is 12.5 Å². The molecule has 0 saturated carbocycles. The lowest BCUT2D eigenvalue weighted by atomic mass is 9.99. The van der Waals surface area contributed by atoms with E-state index < -0.39 is 0 Å². The zero-order chi connectivity index (χ0) is 13.1. The van der Waals surface area contributed by atoms with Crippen molar-refractivity contribution >= 4 is 11.3 Å². The van der Waals surface area contributed by atoms with Gasteiger partial charge in [0.2, 0.25) is 0 Å². The van der Waals surface area contributed by atoms with Gasteiger partial charge in [0.15, 0.2) is 0 Å². The maximum absolute atomic E-state index is 5.87. The second-order valence-corrected chi connectivity index (χ2v) is 5.79. The van der Waals surface area contributed by atoms with E-state index in [2.05, 4.69) is 15.4 Å². The fraction of sp³-hybridized carbons (Fsp3) is 0.538. The molecule has 0 aliphatic carbocycles. The summed E-state index contributed by atoms with van der Waals surface area (Å²) in [4.78, 5) is 5.36. The van der Waals surface area contributed by atoms with Gasteiger partial charge in [-0.2, -0.15) is 5.10 Å². The molecule has 0 unspecified atom stereocenters. The van der Waals surface area contributed by atoms with E-state index in [9.17, 15) is 0 Å². The van der Waals surface area contributed by atoms with Crippen LogP contribution in [0.5, 0.6) is 0 Å². The van der Waals surface area contributed by atoms with E-state index in [0.717, 1.165) is 26.1 Å². The van der Waals surface area contributed by atoms with Crippen molar-refractivity contribution in [2.24, 2.45) is 13.0 Å². The molecule has 1 N–H and O–H groups in total. The van der Waals surface area contributed by atoms with E-state index >= 15 is 0 Å². The van der Waals surface area contributed by atoms with E-state index in [4.69, 9.17) is 4.74 Å². The summed E-state index contributed by atoms with van der Waals surface area (Å²) in [7, 11) is 1.97. The van der Waals surface area contributed by atoms with Gasteiger partial charge in [-0.1, -0.05) is 0 Å². The quantitative estimate of drug-likeness (QED) is 0.905. The van der Waals surface area contributed by atoms with Crippen LogP contribution in [0, 0.1) is 5.92 Å². The number of aryl methyl sites for hydroxylation is 1. The second-order valence-electron chi connectivity index (χ2n) is 4.82. The highest BCUT2D eigenvalue weighted by atomic mass is 32.1. The van der Waals surface area contributed by atoms with Gasteiger partial charge in [0.1, 0.15) is 6.10 Å². The van der Waals surface area contributed by atoms with Crippen LogP contribution >= 0.6 is 11.3 Å². The van der Waals surface area contributed by atoms with Crippen LogP contribution in [-0.2, 0) is 18.3 Å². The Bertz CT molecular complexity index is 510. The third-order valence-electron chi connectivity index (χ3n) is 3.55. The summed E-state index contributed by atoms with van der Waals surface area (Å²) in [5.41, 5.74) is 3.04. The Morgan fingerprint density at radius 3 is 3.26 bits per heavy atom. The number of hydrogen-bond acceptors (Lipinski definition) is 5. The molecule has 3 heterocycles. The van der Waals surface area contributed by atoms with Crippen LogP contribution in [-0.4, -0.2) is 27.9 Å². The molecular formula is C13H18N4OS. The highest BCUT2D eigenvalue weighted by Gasteiger charge is 2.31. The van der Waals surface area contributed by atoms with Gasteiger partial charge in [-0.25, -0.2) is 0 Å². The number of rotatable bonds is 5. The zero-order valence-electron chi connectivity index (χ0n) is 11.0. The van der Waals surface area contributed by atoms with Gasteiger partial charge in [0.05, 0.1) is 11.2 Å². The van der Waals surface area contributed by atoms with Crippen molar-refractivity contribution in [3.8, 4) is 0 Å². The first-order valence-corrected chi connectivity index (χ1v) is 7.40. The average Bonchev–Trinajstić information content (AvgIpc) is 3.10. The molecule has 2 atom stereocenters. The number of hydrogen-bond donors (Lipinski definition) is 1. The van der Waals surface area contributed by atoms with Gasteiger partial charge >= 0.3 is 0 Å². The molecule has 0 aromatic carbocycles. The van der Waals surface area contributed by atoms with Crippen LogP contribution in [0.25, 0.3) is 0 Å². The van der Waals surface area contributed by atoms with Crippen molar-refractivity contribution in [2.45, 2.75) is 19.1 Å². The smallest absolute Gasteiger partial charge is 0.103 e. The molecule has 2 aromatic rings. The van der Waals surface area contributed by atoms with Crippen LogP contribution in [0.2, 0.25) is 0 Å². The normalized spacial score (nSPS) is 23.0. The molecule has 1 fully saturated rings. The Hall–Kier alpha value is -1.24. The van der Waals surface area contributed by atoms with Gasteiger partial charge in [-0.15, -0.1) is 11.3 Å². The largest absolute Gasteiger partial charge is 0.372 e. The predicted octanol–water partition coefficient (Wildman–Crippen LogP) is 1.74. The van der Waals surface area contributed by atoms with Crippen molar-refractivity contribution in [2.75, 3.05) is 13.2 Å². The van der Waals surface area contributed by atoms with Gasteiger partial charge in [0.25, 0.3) is 0 Å². The van der Waals surface area contributed by atoms with Crippen LogP contribution < -0.4 is 5.32 Å². The van der Waals surface area contributed by atoms with E-state index in [1.807, 2.05) is 35.7 Å². The summed E-state index contributed by atoms with van der Waals surface area (Å²) in [5, 5.41) is 7.73. The number of aromatic nitrogens is 3. The molecular weight excluding hydrogens is 260 g/mol. The number of nitrogens with one attached hydrogen (secondary N) is 1. The summed E-state index contributed by atoms with van der Waals surface area (Å²) in [6.07, 6.45) is 5.02. The lowest BCUT2D eigenvalue weighted by molar-refractivity contribution is 0.0838. The summed E-state index contributed by atoms with van der Waals surface area (Å²) in [5.74, 6) is 0.517. The number of ether oxygens (including phenoxy) is 1. The highest BCUT2D eigenvalue weighted by Crippen LogP contribution is 2.33. The van der Waals surface area contributed by atoms with Crippen LogP contribution in [0.3, 0.4) is 0 Å². The first-order chi connectivity index (χ1) is 9.34. The summed E-state index contributed by atoms with van der Waals surface area (Å²) in [6, 6.07) is 2.05. The number of thiazole rings is 1. The SMILES string of the molecule is Cn1nccc1[C@@H]1OCC[C@H]1CNCc1cncs1. The minimum atomic E-state index is 0.168. The van der Waals surface area contributed by atoms with Crippen molar-refractivity contribution in [3.63, 3.8) is 0 Å². The first kappa shape index (κ1) is 12.8. The molecule has 1 aliphatic rings. The van der Waals surface area contributed by atoms with Crippen molar-refractivity contribution in [1.29, 1.82) is 0 Å². The maximum atomic E-state index is 5.87. The third-order valence-corrected chi connectivity index (χ3v) is 4.33. The Kier molecular flexibility index (Phi) is 3.91. The molecule has 0 bridgehead atoms. The Morgan fingerprint density at radius 1 is 1.58 bits per heavy atom. The molecule has 2 aromatic heterocycles.